The first kappa shape index (κ1) is 33.9. The third-order valence-electron chi connectivity index (χ3n) is 7.65. The zero-order chi connectivity index (χ0) is 30.7. The first-order valence-corrected chi connectivity index (χ1v) is 16.4. The lowest BCUT2D eigenvalue weighted by molar-refractivity contribution is 0.0319. The molecular formula is C38H50O5. The predicted octanol–water partition coefficient (Wildman–Crippen LogP) is 10.6. The molecule has 232 valence electrons. The minimum Gasteiger partial charge on any atom is -0.494 e. The van der Waals surface area contributed by atoms with E-state index >= 15 is 0 Å². The number of ether oxygens (including phenoxy) is 3. The molecule has 1 unspecified atom stereocenters. The van der Waals surface area contributed by atoms with Crippen molar-refractivity contribution in [3.05, 3.63) is 83.9 Å². The van der Waals surface area contributed by atoms with Crippen LogP contribution < -0.4 is 9.47 Å². The van der Waals surface area contributed by atoms with Crippen molar-refractivity contribution in [1.82, 2.24) is 0 Å². The van der Waals surface area contributed by atoms with E-state index in [4.69, 9.17) is 14.2 Å². The summed E-state index contributed by atoms with van der Waals surface area (Å²) in [5, 5.41) is 0. The molecule has 0 saturated heterocycles. The highest BCUT2D eigenvalue weighted by Gasteiger charge is 2.14. The van der Waals surface area contributed by atoms with Gasteiger partial charge in [0.05, 0.1) is 23.8 Å². The molecule has 0 aliphatic rings. The summed E-state index contributed by atoms with van der Waals surface area (Å²) in [7, 11) is 0. The van der Waals surface area contributed by atoms with E-state index < -0.39 is 5.97 Å². The number of carbonyl (C=O) groups is 2. The third-order valence-corrected chi connectivity index (χ3v) is 7.65. The average molecular weight is 587 g/mol. The van der Waals surface area contributed by atoms with Crippen LogP contribution in [0.15, 0.2) is 72.8 Å². The van der Waals surface area contributed by atoms with Crippen molar-refractivity contribution in [3.8, 4) is 22.6 Å². The Morgan fingerprint density at radius 3 is 1.63 bits per heavy atom. The Bertz CT molecular complexity index is 1200. The maximum absolute atomic E-state index is 12.7. The summed E-state index contributed by atoms with van der Waals surface area (Å²) in [6.07, 6.45) is 15.6. The van der Waals surface area contributed by atoms with Crippen molar-refractivity contribution in [2.45, 2.75) is 110 Å². The summed E-state index contributed by atoms with van der Waals surface area (Å²) >= 11 is 0. The number of benzene rings is 3. The summed E-state index contributed by atoms with van der Waals surface area (Å²) in [6, 6.07) is 21.9. The fourth-order valence-corrected chi connectivity index (χ4v) is 4.96. The van der Waals surface area contributed by atoms with E-state index in [2.05, 4.69) is 13.8 Å². The van der Waals surface area contributed by atoms with Crippen LogP contribution in [-0.2, 0) is 4.74 Å². The SMILES string of the molecule is CCCCCCCCCCOc1ccc(-c2ccc(C(=O)Oc3ccc(C(=O)OC(C)CCCCCC)cc3)cc2)cc1. The first-order valence-electron chi connectivity index (χ1n) is 16.4. The first-order chi connectivity index (χ1) is 21.0. The number of rotatable bonds is 20. The molecule has 0 aromatic heterocycles. The van der Waals surface area contributed by atoms with Gasteiger partial charge in [-0.15, -0.1) is 0 Å². The zero-order valence-corrected chi connectivity index (χ0v) is 26.4. The molecular weight excluding hydrogens is 536 g/mol. The highest BCUT2D eigenvalue weighted by Crippen LogP contribution is 2.24. The lowest BCUT2D eigenvalue weighted by atomic mass is 10.0. The highest BCUT2D eigenvalue weighted by molar-refractivity contribution is 5.92. The Balaban J connectivity index is 1.40. The van der Waals surface area contributed by atoms with Gasteiger partial charge in [0.25, 0.3) is 0 Å². The van der Waals surface area contributed by atoms with Crippen LogP contribution >= 0.6 is 0 Å². The van der Waals surface area contributed by atoms with Gasteiger partial charge in [0.2, 0.25) is 0 Å². The van der Waals surface area contributed by atoms with E-state index in [1.807, 2.05) is 43.3 Å². The molecule has 0 bridgehead atoms. The average Bonchev–Trinajstić information content (AvgIpc) is 3.03. The molecule has 5 heteroatoms. The van der Waals surface area contributed by atoms with Crippen molar-refractivity contribution in [2.75, 3.05) is 6.61 Å². The highest BCUT2D eigenvalue weighted by atomic mass is 16.5. The van der Waals surface area contributed by atoms with Crippen molar-refractivity contribution < 1.29 is 23.8 Å². The molecule has 0 aliphatic carbocycles. The van der Waals surface area contributed by atoms with E-state index in [1.54, 1.807) is 36.4 Å². The standard InChI is InChI=1S/C38H50O5/c1-4-6-8-10-11-12-13-15-29-41-35-25-21-32(22-26-35)31-17-19-33(20-18-31)38(40)43-36-27-23-34(24-28-36)37(39)42-30(3)16-14-9-7-5-2/h17-28,30H,4-16,29H2,1-3H3. The minimum atomic E-state index is -0.452. The maximum Gasteiger partial charge on any atom is 0.343 e. The molecule has 3 aromatic carbocycles. The van der Waals surface area contributed by atoms with Crippen LogP contribution in [-0.4, -0.2) is 24.6 Å². The van der Waals surface area contributed by atoms with Crippen LogP contribution in [0.1, 0.15) is 125 Å². The van der Waals surface area contributed by atoms with Gasteiger partial charge in [0, 0.05) is 0 Å². The van der Waals surface area contributed by atoms with E-state index in [0.29, 0.717) is 16.9 Å². The molecule has 3 aromatic rings. The molecule has 3 rings (SSSR count). The quantitative estimate of drug-likeness (QED) is 0.0748. The summed E-state index contributed by atoms with van der Waals surface area (Å²) in [5.41, 5.74) is 2.95. The fourth-order valence-electron chi connectivity index (χ4n) is 4.96. The minimum absolute atomic E-state index is 0.124. The van der Waals surface area contributed by atoms with Gasteiger partial charge in [-0.2, -0.15) is 0 Å². The molecule has 5 nitrogen and oxygen atoms in total. The smallest absolute Gasteiger partial charge is 0.343 e. The second kappa shape index (κ2) is 19.6. The summed E-state index contributed by atoms with van der Waals surface area (Å²) in [4.78, 5) is 25.2. The summed E-state index contributed by atoms with van der Waals surface area (Å²) < 4.78 is 17.0. The summed E-state index contributed by atoms with van der Waals surface area (Å²) in [6.45, 7) is 7.10. The molecule has 0 amide bonds. The third kappa shape index (κ3) is 12.7. The topological polar surface area (TPSA) is 61.8 Å². The summed E-state index contributed by atoms with van der Waals surface area (Å²) in [5.74, 6) is 0.440. The monoisotopic (exact) mass is 586 g/mol. The van der Waals surface area contributed by atoms with Crippen LogP contribution in [0, 0.1) is 0 Å². The van der Waals surface area contributed by atoms with Gasteiger partial charge in [-0.05, 0) is 85.8 Å². The van der Waals surface area contributed by atoms with Crippen molar-refractivity contribution in [3.63, 3.8) is 0 Å². The van der Waals surface area contributed by atoms with Gasteiger partial charge in [0.15, 0.2) is 0 Å². The van der Waals surface area contributed by atoms with Crippen molar-refractivity contribution in [1.29, 1.82) is 0 Å². The molecule has 0 saturated carbocycles. The van der Waals surface area contributed by atoms with Gasteiger partial charge in [-0.3, -0.25) is 0 Å². The largest absolute Gasteiger partial charge is 0.494 e. The van der Waals surface area contributed by atoms with Crippen LogP contribution in [0.5, 0.6) is 11.5 Å². The van der Waals surface area contributed by atoms with Gasteiger partial charge in [0.1, 0.15) is 11.5 Å². The Labute approximate surface area is 259 Å². The van der Waals surface area contributed by atoms with Crippen LogP contribution in [0.3, 0.4) is 0 Å². The lowest BCUT2D eigenvalue weighted by Crippen LogP contribution is -2.15. The van der Waals surface area contributed by atoms with Crippen LogP contribution in [0.25, 0.3) is 11.1 Å². The molecule has 0 aliphatic heterocycles. The molecule has 0 N–H and O–H groups in total. The van der Waals surface area contributed by atoms with E-state index in [9.17, 15) is 9.59 Å². The number of hydrogen-bond acceptors (Lipinski definition) is 5. The van der Waals surface area contributed by atoms with Crippen LogP contribution in [0.4, 0.5) is 0 Å². The normalized spacial score (nSPS) is 11.6. The Hall–Kier alpha value is -3.60. The Morgan fingerprint density at radius 1 is 0.558 bits per heavy atom. The van der Waals surface area contributed by atoms with Crippen LogP contribution in [0.2, 0.25) is 0 Å². The number of esters is 2. The van der Waals surface area contributed by atoms with Gasteiger partial charge >= 0.3 is 11.9 Å². The molecule has 1 atom stereocenters. The van der Waals surface area contributed by atoms with Gasteiger partial charge < -0.3 is 14.2 Å². The molecule has 0 spiro atoms. The molecule has 0 heterocycles. The van der Waals surface area contributed by atoms with Crippen molar-refractivity contribution in [2.24, 2.45) is 0 Å². The van der Waals surface area contributed by atoms with E-state index in [0.717, 1.165) is 49.2 Å². The van der Waals surface area contributed by atoms with Gasteiger partial charge in [-0.1, -0.05) is 102 Å². The molecule has 43 heavy (non-hydrogen) atoms. The Morgan fingerprint density at radius 2 is 1.02 bits per heavy atom. The van der Waals surface area contributed by atoms with Gasteiger partial charge in [-0.25, -0.2) is 9.59 Å². The maximum atomic E-state index is 12.7. The zero-order valence-electron chi connectivity index (χ0n) is 26.4. The fraction of sp³-hybridized carbons (Fsp3) is 0.474. The second-order valence-electron chi connectivity index (χ2n) is 11.4. The Kier molecular flexibility index (Phi) is 15.4. The lowest BCUT2D eigenvalue weighted by Gasteiger charge is -2.13. The van der Waals surface area contributed by atoms with Crippen molar-refractivity contribution >= 4 is 11.9 Å². The van der Waals surface area contributed by atoms with E-state index in [1.165, 1.54) is 57.8 Å². The molecule has 0 fully saturated rings. The number of unbranched alkanes of at least 4 members (excludes halogenated alkanes) is 10. The second-order valence-corrected chi connectivity index (χ2v) is 11.4. The predicted molar refractivity (Wildman–Crippen MR) is 175 cm³/mol. The molecule has 0 radical (unpaired) electrons. The van der Waals surface area contributed by atoms with E-state index in [-0.39, 0.29) is 12.1 Å². The number of hydrogen-bond donors (Lipinski definition) is 0. The number of carbonyl (C=O) groups excluding carboxylic acids is 2.